The quantitative estimate of drug-likeness (QED) is 0.470. The van der Waals surface area contributed by atoms with E-state index in [-0.39, 0.29) is 0 Å². The maximum absolute atomic E-state index is 5.62. The van der Waals surface area contributed by atoms with Gasteiger partial charge in [-0.15, -0.1) is 6.58 Å². The Kier molecular flexibility index (Phi) is 5.45. The first kappa shape index (κ1) is 11.9. The van der Waals surface area contributed by atoms with Crippen molar-refractivity contribution in [1.29, 1.82) is 0 Å². The summed E-state index contributed by atoms with van der Waals surface area (Å²) in [7, 11) is -1.57. The molecule has 0 aliphatic heterocycles. The average molecular weight is 188 g/mol. The highest BCUT2D eigenvalue weighted by Gasteiger charge is 2.16. The first-order valence-electron chi connectivity index (χ1n) is 4.37. The summed E-state index contributed by atoms with van der Waals surface area (Å²) in [6, 6.07) is 0. The highest BCUT2D eigenvalue weighted by atomic mass is 28.4. The van der Waals surface area contributed by atoms with Gasteiger partial charge in [-0.2, -0.15) is 0 Å². The highest BCUT2D eigenvalue weighted by molar-refractivity contribution is 6.76. The first-order valence-corrected chi connectivity index (χ1v) is 7.35. The van der Waals surface area contributed by atoms with Crippen molar-refractivity contribution < 1.29 is 9.16 Å². The van der Waals surface area contributed by atoms with E-state index in [0.717, 1.165) is 0 Å². The SMILES string of the molecule is C=C[Si](C)(C)OCCOC(C)C. The lowest BCUT2D eigenvalue weighted by Crippen LogP contribution is -2.29. The molecule has 0 saturated carbocycles. The minimum atomic E-state index is -1.57. The molecule has 0 rings (SSSR count). The Labute approximate surface area is 76.7 Å². The van der Waals surface area contributed by atoms with Crippen molar-refractivity contribution in [2.45, 2.75) is 33.0 Å². The Morgan fingerprint density at radius 1 is 1.33 bits per heavy atom. The molecule has 12 heavy (non-hydrogen) atoms. The molecule has 0 saturated heterocycles. The molecular formula is C9H20O2Si. The molecule has 0 aromatic rings. The highest BCUT2D eigenvalue weighted by Crippen LogP contribution is 2.04. The van der Waals surface area contributed by atoms with Crippen molar-refractivity contribution in [1.82, 2.24) is 0 Å². The number of ether oxygens (including phenoxy) is 1. The summed E-state index contributed by atoms with van der Waals surface area (Å²) in [6.45, 7) is 13.4. The van der Waals surface area contributed by atoms with Gasteiger partial charge >= 0.3 is 0 Å². The Morgan fingerprint density at radius 2 is 1.92 bits per heavy atom. The molecule has 0 bridgehead atoms. The van der Waals surface area contributed by atoms with Crippen LogP contribution in [-0.2, 0) is 9.16 Å². The molecule has 0 aliphatic rings. The fourth-order valence-electron chi connectivity index (χ4n) is 0.647. The molecule has 72 valence electrons. The smallest absolute Gasteiger partial charge is 0.210 e. The van der Waals surface area contributed by atoms with Gasteiger partial charge in [0.25, 0.3) is 0 Å². The molecule has 0 unspecified atom stereocenters. The van der Waals surface area contributed by atoms with Crippen LogP contribution in [0.4, 0.5) is 0 Å². The van der Waals surface area contributed by atoms with Crippen molar-refractivity contribution in [3.63, 3.8) is 0 Å². The molecule has 0 spiro atoms. The van der Waals surface area contributed by atoms with E-state index in [2.05, 4.69) is 19.7 Å². The second-order valence-electron chi connectivity index (χ2n) is 3.58. The molecule has 0 aromatic carbocycles. The van der Waals surface area contributed by atoms with E-state index in [1.807, 2.05) is 19.5 Å². The van der Waals surface area contributed by atoms with E-state index in [1.165, 1.54) is 0 Å². The summed E-state index contributed by atoms with van der Waals surface area (Å²) in [5.74, 6) is 0. The Balaban J connectivity index is 3.37. The van der Waals surface area contributed by atoms with Crippen LogP contribution in [0.1, 0.15) is 13.8 Å². The van der Waals surface area contributed by atoms with Crippen LogP contribution in [-0.4, -0.2) is 27.6 Å². The number of hydrogen-bond donors (Lipinski definition) is 0. The van der Waals surface area contributed by atoms with E-state index in [0.29, 0.717) is 19.3 Å². The zero-order chi connectivity index (χ0) is 9.61. The zero-order valence-electron chi connectivity index (χ0n) is 8.59. The van der Waals surface area contributed by atoms with E-state index >= 15 is 0 Å². The lowest BCUT2D eigenvalue weighted by atomic mass is 10.5. The summed E-state index contributed by atoms with van der Waals surface area (Å²) >= 11 is 0. The molecule has 0 N–H and O–H groups in total. The van der Waals surface area contributed by atoms with Gasteiger partial charge in [0.15, 0.2) is 0 Å². The molecule has 0 heterocycles. The monoisotopic (exact) mass is 188 g/mol. The summed E-state index contributed by atoms with van der Waals surface area (Å²) < 4.78 is 11.0. The van der Waals surface area contributed by atoms with Crippen molar-refractivity contribution in [3.8, 4) is 0 Å². The lowest BCUT2D eigenvalue weighted by Gasteiger charge is -2.18. The predicted octanol–water partition coefficient (Wildman–Crippen LogP) is 2.36. The fourth-order valence-corrected chi connectivity index (χ4v) is 1.37. The van der Waals surface area contributed by atoms with Gasteiger partial charge in [0.05, 0.1) is 19.3 Å². The standard InChI is InChI=1S/C9H20O2Si/c1-6-12(4,5)11-8-7-10-9(2)3/h6,9H,1,7-8H2,2-5H3. The molecule has 3 heteroatoms. The van der Waals surface area contributed by atoms with Crippen molar-refractivity contribution >= 4 is 8.32 Å². The summed E-state index contributed by atoms with van der Waals surface area (Å²) in [5.41, 5.74) is 1.93. The van der Waals surface area contributed by atoms with Gasteiger partial charge in [0.1, 0.15) is 0 Å². The van der Waals surface area contributed by atoms with Crippen LogP contribution in [0.25, 0.3) is 0 Å². The third-order valence-corrected chi connectivity index (χ3v) is 3.43. The van der Waals surface area contributed by atoms with Gasteiger partial charge in [-0.1, -0.05) is 5.70 Å². The maximum Gasteiger partial charge on any atom is 0.210 e. The molecule has 0 aliphatic carbocycles. The van der Waals surface area contributed by atoms with Gasteiger partial charge in [0.2, 0.25) is 8.32 Å². The largest absolute Gasteiger partial charge is 0.411 e. The second kappa shape index (κ2) is 5.51. The second-order valence-corrected chi connectivity index (χ2v) is 7.48. The van der Waals surface area contributed by atoms with Gasteiger partial charge in [0, 0.05) is 0 Å². The molecule has 0 atom stereocenters. The number of hydrogen-bond acceptors (Lipinski definition) is 2. The molecule has 0 radical (unpaired) electrons. The Bertz CT molecular complexity index is 132. The molecule has 0 fully saturated rings. The normalized spacial score (nSPS) is 12.1. The fraction of sp³-hybridized carbons (Fsp3) is 0.778. The van der Waals surface area contributed by atoms with E-state index < -0.39 is 8.32 Å². The van der Waals surface area contributed by atoms with Crippen LogP contribution in [0.15, 0.2) is 12.3 Å². The van der Waals surface area contributed by atoms with Crippen LogP contribution in [0.5, 0.6) is 0 Å². The van der Waals surface area contributed by atoms with Crippen LogP contribution >= 0.6 is 0 Å². The minimum Gasteiger partial charge on any atom is -0.411 e. The molecule has 2 nitrogen and oxygen atoms in total. The van der Waals surface area contributed by atoms with E-state index in [1.54, 1.807) is 0 Å². The Morgan fingerprint density at radius 3 is 2.33 bits per heavy atom. The summed E-state index contributed by atoms with van der Waals surface area (Å²) in [4.78, 5) is 0. The topological polar surface area (TPSA) is 18.5 Å². The molecular weight excluding hydrogens is 168 g/mol. The van der Waals surface area contributed by atoms with Gasteiger partial charge < -0.3 is 9.16 Å². The van der Waals surface area contributed by atoms with Gasteiger partial charge in [-0.25, -0.2) is 0 Å². The van der Waals surface area contributed by atoms with Gasteiger partial charge in [-0.3, -0.25) is 0 Å². The molecule has 0 amide bonds. The van der Waals surface area contributed by atoms with Crippen LogP contribution in [0, 0.1) is 0 Å². The Hall–Kier alpha value is -0.123. The lowest BCUT2D eigenvalue weighted by molar-refractivity contribution is 0.0539. The van der Waals surface area contributed by atoms with E-state index in [9.17, 15) is 0 Å². The average Bonchev–Trinajstić information content (AvgIpc) is 1.98. The van der Waals surface area contributed by atoms with Crippen molar-refractivity contribution in [2.24, 2.45) is 0 Å². The van der Waals surface area contributed by atoms with Crippen LogP contribution in [0.3, 0.4) is 0 Å². The third kappa shape index (κ3) is 6.58. The minimum absolute atomic E-state index is 0.294. The zero-order valence-corrected chi connectivity index (χ0v) is 9.59. The van der Waals surface area contributed by atoms with Gasteiger partial charge in [-0.05, 0) is 26.9 Å². The van der Waals surface area contributed by atoms with Crippen molar-refractivity contribution in [3.05, 3.63) is 12.3 Å². The molecule has 0 aromatic heterocycles. The first-order chi connectivity index (χ1) is 5.48. The third-order valence-electron chi connectivity index (χ3n) is 1.50. The predicted molar refractivity (Wildman–Crippen MR) is 54.7 cm³/mol. The summed E-state index contributed by atoms with van der Waals surface area (Å²) in [6.07, 6.45) is 0.294. The number of rotatable bonds is 6. The van der Waals surface area contributed by atoms with E-state index in [4.69, 9.17) is 9.16 Å². The maximum atomic E-state index is 5.62. The summed E-state index contributed by atoms with van der Waals surface area (Å²) in [5, 5.41) is 0. The van der Waals surface area contributed by atoms with Crippen LogP contribution in [0.2, 0.25) is 13.1 Å². The van der Waals surface area contributed by atoms with Crippen molar-refractivity contribution in [2.75, 3.05) is 13.2 Å². The van der Waals surface area contributed by atoms with Crippen LogP contribution < -0.4 is 0 Å².